The van der Waals surface area contributed by atoms with Gasteiger partial charge in [0.25, 0.3) is 0 Å². The highest BCUT2D eigenvalue weighted by Crippen LogP contribution is 2.60. The second-order valence-corrected chi connectivity index (χ2v) is 3.66. The van der Waals surface area contributed by atoms with Crippen LogP contribution in [0.1, 0.15) is 32.6 Å². The van der Waals surface area contributed by atoms with E-state index in [-0.39, 0.29) is 0 Å². The lowest BCUT2D eigenvalue weighted by molar-refractivity contribution is 0.202. The summed E-state index contributed by atoms with van der Waals surface area (Å²) in [5, 5.41) is 3.48. The van der Waals surface area contributed by atoms with E-state index in [0.717, 1.165) is 18.0 Å². The summed E-state index contributed by atoms with van der Waals surface area (Å²) < 4.78 is 0. The van der Waals surface area contributed by atoms with Crippen LogP contribution in [0.4, 0.5) is 0 Å². The van der Waals surface area contributed by atoms with Crippen molar-refractivity contribution < 1.29 is 0 Å². The molecule has 1 N–H and O–H groups in total. The third-order valence-corrected chi connectivity index (χ3v) is 2.81. The molecule has 0 unspecified atom stereocenters. The molecule has 2 saturated carbocycles. The van der Waals surface area contributed by atoms with Gasteiger partial charge in [0.1, 0.15) is 0 Å². The zero-order valence-corrected chi connectivity index (χ0v) is 6.11. The topological polar surface area (TPSA) is 12.0 Å². The van der Waals surface area contributed by atoms with Crippen LogP contribution in [-0.2, 0) is 0 Å². The molecule has 0 atom stereocenters. The predicted octanol–water partition coefficient (Wildman–Crippen LogP) is 1.54. The Labute approximate surface area is 56.8 Å². The minimum Gasteiger partial charge on any atom is -0.314 e. The maximum absolute atomic E-state index is 3.48. The van der Waals surface area contributed by atoms with E-state index in [0.29, 0.717) is 0 Å². The van der Waals surface area contributed by atoms with Gasteiger partial charge in [-0.25, -0.2) is 0 Å². The fourth-order valence-corrected chi connectivity index (χ4v) is 2.00. The number of hydrogen-bond donors (Lipinski definition) is 1. The Morgan fingerprint density at radius 2 is 2.11 bits per heavy atom. The highest BCUT2D eigenvalue weighted by molar-refractivity contribution is 5.06. The molecule has 52 valence electrons. The lowest BCUT2D eigenvalue weighted by Crippen LogP contribution is -2.42. The van der Waals surface area contributed by atoms with Crippen molar-refractivity contribution in [3.05, 3.63) is 0 Å². The SMILES string of the molecule is CCNC1CC2(CC2)C1. The van der Waals surface area contributed by atoms with Gasteiger partial charge in [0.2, 0.25) is 0 Å². The summed E-state index contributed by atoms with van der Waals surface area (Å²) in [6, 6.07) is 0.887. The van der Waals surface area contributed by atoms with Crippen LogP contribution >= 0.6 is 0 Å². The van der Waals surface area contributed by atoms with E-state index in [1.54, 1.807) is 0 Å². The summed E-state index contributed by atoms with van der Waals surface area (Å²) in [6.45, 7) is 3.35. The largest absolute Gasteiger partial charge is 0.314 e. The van der Waals surface area contributed by atoms with Gasteiger partial charge in [-0.1, -0.05) is 6.92 Å². The van der Waals surface area contributed by atoms with Crippen molar-refractivity contribution >= 4 is 0 Å². The first-order valence-corrected chi connectivity index (χ1v) is 4.08. The average molecular weight is 125 g/mol. The molecule has 1 spiro atoms. The van der Waals surface area contributed by atoms with Crippen LogP contribution < -0.4 is 5.32 Å². The summed E-state index contributed by atoms with van der Waals surface area (Å²) in [4.78, 5) is 0. The molecule has 1 nitrogen and oxygen atoms in total. The quantitative estimate of drug-likeness (QED) is 0.590. The first-order valence-electron chi connectivity index (χ1n) is 4.08. The zero-order valence-electron chi connectivity index (χ0n) is 6.11. The van der Waals surface area contributed by atoms with Gasteiger partial charge < -0.3 is 5.32 Å². The fraction of sp³-hybridized carbons (Fsp3) is 1.00. The Kier molecular flexibility index (Phi) is 1.10. The third-order valence-electron chi connectivity index (χ3n) is 2.81. The molecule has 0 radical (unpaired) electrons. The second kappa shape index (κ2) is 1.72. The molecule has 0 amide bonds. The van der Waals surface area contributed by atoms with Gasteiger partial charge in [-0.3, -0.25) is 0 Å². The first kappa shape index (κ1) is 5.72. The Morgan fingerprint density at radius 3 is 2.56 bits per heavy atom. The van der Waals surface area contributed by atoms with Crippen molar-refractivity contribution in [1.29, 1.82) is 0 Å². The van der Waals surface area contributed by atoms with Crippen molar-refractivity contribution in [3.8, 4) is 0 Å². The molecule has 0 aliphatic heterocycles. The maximum Gasteiger partial charge on any atom is 0.00775 e. The second-order valence-electron chi connectivity index (χ2n) is 3.66. The molecule has 0 heterocycles. The van der Waals surface area contributed by atoms with E-state index in [4.69, 9.17) is 0 Å². The molecule has 0 saturated heterocycles. The Hall–Kier alpha value is -0.0400. The summed E-state index contributed by atoms with van der Waals surface area (Å²) in [7, 11) is 0. The molecule has 2 aliphatic rings. The standard InChI is InChI=1S/C8H15N/c1-2-9-7-5-8(6-7)3-4-8/h7,9H,2-6H2,1H3. The minimum absolute atomic E-state index is 0.882. The van der Waals surface area contributed by atoms with Crippen LogP contribution in [0.3, 0.4) is 0 Å². The molecular formula is C8H15N. The molecule has 0 aromatic carbocycles. The molecule has 1 heteroatoms. The normalized spacial score (nSPS) is 30.3. The van der Waals surface area contributed by atoms with E-state index >= 15 is 0 Å². The van der Waals surface area contributed by atoms with Gasteiger partial charge >= 0.3 is 0 Å². The molecule has 2 aliphatic carbocycles. The van der Waals surface area contributed by atoms with Crippen molar-refractivity contribution in [3.63, 3.8) is 0 Å². The number of nitrogens with one attached hydrogen (secondary N) is 1. The summed E-state index contributed by atoms with van der Waals surface area (Å²) in [6.07, 6.45) is 5.99. The fourth-order valence-electron chi connectivity index (χ4n) is 2.00. The lowest BCUT2D eigenvalue weighted by Gasteiger charge is -2.36. The van der Waals surface area contributed by atoms with E-state index in [1.165, 1.54) is 25.7 Å². The number of rotatable bonds is 2. The van der Waals surface area contributed by atoms with Crippen molar-refractivity contribution in [2.75, 3.05) is 6.54 Å². The summed E-state index contributed by atoms with van der Waals surface area (Å²) >= 11 is 0. The molecular weight excluding hydrogens is 110 g/mol. The maximum atomic E-state index is 3.48. The van der Waals surface area contributed by atoms with Crippen molar-refractivity contribution in [2.45, 2.75) is 38.6 Å². The van der Waals surface area contributed by atoms with Crippen LogP contribution in [0.2, 0.25) is 0 Å². The van der Waals surface area contributed by atoms with Gasteiger partial charge in [-0.2, -0.15) is 0 Å². The molecule has 0 bridgehead atoms. The van der Waals surface area contributed by atoms with Crippen LogP contribution in [0.15, 0.2) is 0 Å². The van der Waals surface area contributed by atoms with Crippen molar-refractivity contribution in [1.82, 2.24) is 5.32 Å². The smallest absolute Gasteiger partial charge is 0.00775 e. The Balaban J connectivity index is 1.71. The summed E-state index contributed by atoms with van der Waals surface area (Å²) in [5.41, 5.74) is 0.882. The van der Waals surface area contributed by atoms with Gasteiger partial charge in [0.15, 0.2) is 0 Å². The van der Waals surface area contributed by atoms with Crippen LogP contribution in [0.5, 0.6) is 0 Å². The summed E-state index contributed by atoms with van der Waals surface area (Å²) in [5.74, 6) is 0. The molecule has 0 aromatic heterocycles. The Morgan fingerprint density at radius 1 is 1.44 bits per heavy atom. The molecule has 2 rings (SSSR count). The lowest BCUT2D eigenvalue weighted by atomic mass is 9.77. The molecule has 0 aromatic rings. The minimum atomic E-state index is 0.882. The predicted molar refractivity (Wildman–Crippen MR) is 38.4 cm³/mol. The van der Waals surface area contributed by atoms with Gasteiger partial charge in [-0.05, 0) is 37.6 Å². The van der Waals surface area contributed by atoms with Crippen LogP contribution in [0.25, 0.3) is 0 Å². The molecule has 2 fully saturated rings. The highest BCUT2D eigenvalue weighted by atomic mass is 14.9. The van der Waals surface area contributed by atoms with Gasteiger partial charge in [0.05, 0.1) is 0 Å². The van der Waals surface area contributed by atoms with E-state index in [1.807, 2.05) is 0 Å². The van der Waals surface area contributed by atoms with Crippen molar-refractivity contribution in [2.24, 2.45) is 5.41 Å². The van der Waals surface area contributed by atoms with E-state index < -0.39 is 0 Å². The van der Waals surface area contributed by atoms with Crippen LogP contribution in [-0.4, -0.2) is 12.6 Å². The van der Waals surface area contributed by atoms with Gasteiger partial charge in [-0.15, -0.1) is 0 Å². The van der Waals surface area contributed by atoms with E-state index in [2.05, 4.69) is 12.2 Å². The monoisotopic (exact) mass is 125 g/mol. The molecule has 9 heavy (non-hydrogen) atoms. The Bertz CT molecular complexity index is 108. The average Bonchev–Trinajstić information content (AvgIpc) is 2.45. The highest BCUT2D eigenvalue weighted by Gasteiger charge is 2.52. The zero-order chi connectivity index (χ0) is 6.32. The van der Waals surface area contributed by atoms with E-state index in [9.17, 15) is 0 Å². The van der Waals surface area contributed by atoms with Crippen LogP contribution in [0, 0.1) is 5.41 Å². The third kappa shape index (κ3) is 0.877. The number of hydrogen-bond acceptors (Lipinski definition) is 1. The van der Waals surface area contributed by atoms with Gasteiger partial charge in [0, 0.05) is 6.04 Å². The first-order chi connectivity index (χ1) is 4.35.